The van der Waals surface area contributed by atoms with Crippen LogP contribution in [-0.2, 0) is 13.1 Å². The highest BCUT2D eigenvalue weighted by Crippen LogP contribution is 2.04. The van der Waals surface area contributed by atoms with Gasteiger partial charge in [-0.1, -0.05) is 31.2 Å². The summed E-state index contributed by atoms with van der Waals surface area (Å²) >= 11 is 0. The topological polar surface area (TPSA) is 82.3 Å². The molecular weight excluding hydrogens is 268 g/mol. The van der Waals surface area contributed by atoms with Gasteiger partial charge in [0, 0.05) is 26.2 Å². The van der Waals surface area contributed by atoms with E-state index in [9.17, 15) is 9.59 Å². The largest absolute Gasteiger partial charge is 0.338 e. The van der Waals surface area contributed by atoms with Gasteiger partial charge in [0.15, 0.2) is 0 Å². The normalized spacial score (nSPS) is 9.81. The Balaban J connectivity index is 2.33. The van der Waals surface area contributed by atoms with E-state index >= 15 is 0 Å². The Morgan fingerprint density at radius 1 is 0.810 bits per heavy atom. The van der Waals surface area contributed by atoms with Crippen LogP contribution in [0.3, 0.4) is 0 Å². The van der Waals surface area contributed by atoms with Crippen LogP contribution in [0.2, 0.25) is 0 Å². The number of urea groups is 2. The van der Waals surface area contributed by atoms with E-state index in [1.54, 1.807) is 0 Å². The molecule has 21 heavy (non-hydrogen) atoms. The zero-order valence-electron chi connectivity index (χ0n) is 12.7. The summed E-state index contributed by atoms with van der Waals surface area (Å²) < 4.78 is 0. The number of carbonyl (C=O) groups excluding carboxylic acids is 2. The fraction of sp³-hybridized carbons (Fsp3) is 0.467. The van der Waals surface area contributed by atoms with Gasteiger partial charge in [0.05, 0.1) is 0 Å². The van der Waals surface area contributed by atoms with Crippen molar-refractivity contribution in [2.45, 2.75) is 33.4 Å². The SMILES string of the molecule is CCCNC(=O)NCc1ccc(CNC(=O)NCC)cc1. The Morgan fingerprint density at radius 3 is 1.71 bits per heavy atom. The summed E-state index contributed by atoms with van der Waals surface area (Å²) in [5.74, 6) is 0. The van der Waals surface area contributed by atoms with E-state index in [-0.39, 0.29) is 12.1 Å². The van der Waals surface area contributed by atoms with Gasteiger partial charge in [0.1, 0.15) is 0 Å². The lowest BCUT2D eigenvalue weighted by atomic mass is 10.1. The van der Waals surface area contributed by atoms with Crippen molar-refractivity contribution in [1.29, 1.82) is 0 Å². The second-order valence-corrected chi connectivity index (χ2v) is 4.64. The average Bonchev–Trinajstić information content (AvgIpc) is 2.50. The maximum Gasteiger partial charge on any atom is 0.315 e. The van der Waals surface area contributed by atoms with Crippen LogP contribution < -0.4 is 21.3 Å². The van der Waals surface area contributed by atoms with Crippen molar-refractivity contribution in [3.63, 3.8) is 0 Å². The van der Waals surface area contributed by atoms with Crippen LogP contribution in [0.4, 0.5) is 9.59 Å². The molecule has 0 fully saturated rings. The molecular formula is C15H24N4O2. The molecule has 0 bridgehead atoms. The van der Waals surface area contributed by atoms with Gasteiger partial charge in [-0.25, -0.2) is 9.59 Å². The van der Waals surface area contributed by atoms with Crippen molar-refractivity contribution in [3.8, 4) is 0 Å². The molecule has 0 radical (unpaired) electrons. The van der Waals surface area contributed by atoms with E-state index in [0.717, 1.165) is 17.5 Å². The van der Waals surface area contributed by atoms with E-state index in [1.165, 1.54) is 0 Å². The number of hydrogen-bond acceptors (Lipinski definition) is 2. The molecule has 1 aromatic carbocycles. The fourth-order valence-electron chi connectivity index (χ4n) is 1.66. The number of benzene rings is 1. The molecule has 4 N–H and O–H groups in total. The zero-order valence-corrected chi connectivity index (χ0v) is 12.7. The Kier molecular flexibility index (Phi) is 7.71. The maximum atomic E-state index is 11.4. The summed E-state index contributed by atoms with van der Waals surface area (Å²) in [5, 5.41) is 11.0. The molecule has 6 nitrogen and oxygen atoms in total. The Bertz CT molecular complexity index is 445. The highest BCUT2D eigenvalue weighted by Gasteiger charge is 2.01. The molecule has 0 aliphatic heterocycles. The van der Waals surface area contributed by atoms with Gasteiger partial charge in [-0.05, 0) is 24.5 Å². The first kappa shape index (κ1) is 16.8. The Labute approximate surface area is 125 Å². The standard InChI is InChI=1S/C15H24N4O2/c1-3-9-17-15(21)19-11-13-7-5-12(6-8-13)10-18-14(20)16-4-2/h5-8H,3-4,9-11H2,1-2H3,(H2,16,18,20)(H2,17,19,21). The zero-order chi connectivity index (χ0) is 15.5. The minimum atomic E-state index is -0.171. The van der Waals surface area contributed by atoms with Crippen molar-refractivity contribution < 1.29 is 9.59 Å². The maximum absolute atomic E-state index is 11.4. The van der Waals surface area contributed by atoms with Crippen LogP contribution in [0.15, 0.2) is 24.3 Å². The van der Waals surface area contributed by atoms with Gasteiger partial charge >= 0.3 is 12.1 Å². The van der Waals surface area contributed by atoms with E-state index in [2.05, 4.69) is 21.3 Å². The van der Waals surface area contributed by atoms with Crippen molar-refractivity contribution in [2.24, 2.45) is 0 Å². The molecule has 0 atom stereocenters. The molecule has 0 aromatic heterocycles. The Hall–Kier alpha value is -2.24. The second-order valence-electron chi connectivity index (χ2n) is 4.64. The molecule has 0 heterocycles. The van der Waals surface area contributed by atoms with Gasteiger partial charge in [0.2, 0.25) is 0 Å². The van der Waals surface area contributed by atoms with Crippen LogP contribution in [0.25, 0.3) is 0 Å². The first-order chi connectivity index (χ1) is 10.2. The molecule has 6 heteroatoms. The van der Waals surface area contributed by atoms with Crippen LogP contribution >= 0.6 is 0 Å². The van der Waals surface area contributed by atoms with Gasteiger partial charge in [-0.2, -0.15) is 0 Å². The second kappa shape index (κ2) is 9.63. The molecule has 0 unspecified atom stereocenters. The number of carbonyl (C=O) groups is 2. The lowest BCUT2D eigenvalue weighted by Crippen LogP contribution is -2.35. The number of amides is 4. The van der Waals surface area contributed by atoms with E-state index < -0.39 is 0 Å². The summed E-state index contributed by atoms with van der Waals surface area (Å²) in [7, 11) is 0. The monoisotopic (exact) mass is 292 g/mol. The van der Waals surface area contributed by atoms with Crippen LogP contribution in [0.5, 0.6) is 0 Å². The quantitative estimate of drug-likeness (QED) is 0.617. The van der Waals surface area contributed by atoms with Gasteiger partial charge in [-0.15, -0.1) is 0 Å². The molecule has 1 aromatic rings. The smallest absolute Gasteiger partial charge is 0.315 e. The predicted octanol–water partition coefficient (Wildman–Crippen LogP) is 1.71. The summed E-state index contributed by atoms with van der Waals surface area (Å²) in [5.41, 5.74) is 2.03. The number of rotatable bonds is 7. The highest BCUT2D eigenvalue weighted by atomic mass is 16.2. The molecule has 0 saturated heterocycles. The summed E-state index contributed by atoms with van der Waals surface area (Å²) in [6.45, 7) is 6.13. The van der Waals surface area contributed by atoms with Crippen molar-refractivity contribution >= 4 is 12.1 Å². The van der Waals surface area contributed by atoms with Gasteiger partial charge in [-0.3, -0.25) is 0 Å². The van der Waals surface area contributed by atoms with Crippen molar-refractivity contribution in [1.82, 2.24) is 21.3 Å². The predicted molar refractivity (Wildman–Crippen MR) is 82.9 cm³/mol. The van der Waals surface area contributed by atoms with Crippen LogP contribution in [0, 0.1) is 0 Å². The van der Waals surface area contributed by atoms with Crippen molar-refractivity contribution in [3.05, 3.63) is 35.4 Å². The number of nitrogens with one attached hydrogen (secondary N) is 4. The van der Waals surface area contributed by atoms with E-state index in [1.807, 2.05) is 38.1 Å². The van der Waals surface area contributed by atoms with Gasteiger partial charge in [0.25, 0.3) is 0 Å². The summed E-state index contributed by atoms with van der Waals surface area (Å²) in [4.78, 5) is 22.7. The first-order valence-electron chi connectivity index (χ1n) is 7.27. The molecule has 116 valence electrons. The minimum Gasteiger partial charge on any atom is -0.338 e. The van der Waals surface area contributed by atoms with Crippen LogP contribution in [0.1, 0.15) is 31.4 Å². The van der Waals surface area contributed by atoms with E-state index in [0.29, 0.717) is 26.2 Å². The third-order valence-electron chi connectivity index (χ3n) is 2.80. The third-order valence-corrected chi connectivity index (χ3v) is 2.80. The van der Waals surface area contributed by atoms with Crippen molar-refractivity contribution in [2.75, 3.05) is 13.1 Å². The minimum absolute atomic E-state index is 0.154. The first-order valence-corrected chi connectivity index (χ1v) is 7.27. The molecule has 0 aliphatic carbocycles. The lowest BCUT2D eigenvalue weighted by molar-refractivity contribution is 0.240. The van der Waals surface area contributed by atoms with Gasteiger partial charge < -0.3 is 21.3 Å². The highest BCUT2D eigenvalue weighted by molar-refractivity contribution is 5.74. The summed E-state index contributed by atoms with van der Waals surface area (Å²) in [6.07, 6.45) is 0.917. The fourth-order valence-corrected chi connectivity index (χ4v) is 1.66. The van der Waals surface area contributed by atoms with Crippen LogP contribution in [-0.4, -0.2) is 25.2 Å². The third kappa shape index (κ3) is 7.20. The molecule has 1 rings (SSSR count). The van der Waals surface area contributed by atoms with E-state index in [4.69, 9.17) is 0 Å². The molecule has 0 saturated carbocycles. The Morgan fingerprint density at radius 2 is 1.29 bits per heavy atom. The molecule has 0 aliphatic rings. The molecule has 4 amide bonds. The lowest BCUT2D eigenvalue weighted by Gasteiger charge is -2.08. The average molecular weight is 292 g/mol. The molecule has 0 spiro atoms. The summed E-state index contributed by atoms with van der Waals surface area (Å²) in [6, 6.07) is 7.43. The number of hydrogen-bond donors (Lipinski definition) is 4.